The summed E-state index contributed by atoms with van der Waals surface area (Å²) in [5.74, 6) is -5.83. The van der Waals surface area contributed by atoms with E-state index < -0.39 is 52.6 Å². The number of benzene rings is 3. The Kier molecular flexibility index (Phi) is 7.06. The van der Waals surface area contributed by atoms with Crippen LogP contribution in [0, 0.1) is 5.92 Å². The number of thiazole rings is 2. The van der Waals surface area contributed by atoms with Crippen LogP contribution in [-0.4, -0.2) is 37.5 Å². The van der Waals surface area contributed by atoms with Crippen LogP contribution in [0.2, 0.25) is 5.02 Å². The summed E-state index contributed by atoms with van der Waals surface area (Å²) in [6, 6.07) is 17.9. The molecule has 3 aromatic carbocycles. The second-order valence-corrected chi connectivity index (χ2v) is 12.6. The number of carbonyl (C=O) groups excluding carboxylic acids is 1. The third-order valence-corrected chi connectivity index (χ3v) is 9.57. The molecule has 0 radical (unpaired) electrons. The Hall–Kier alpha value is -4.54. The van der Waals surface area contributed by atoms with Crippen LogP contribution in [0.3, 0.4) is 0 Å². The number of nitrogens with one attached hydrogen (secondary N) is 1. The molecular formula is C29H15ClF6N6O2S2. The molecule has 7 rings (SSSR count). The van der Waals surface area contributed by atoms with E-state index in [1.54, 1.807) is 48.5 Å². The average molecular weight is 693 g/mol. The molecule has 0 fully saturated rings. The van der Waals surface area contributed by atoms with Gasteiger partial charge in [0.2, 0.25) is 10.3 Å². The van der Waals surface area contributed by atoms with Gasteiger partial charge in [0.15, 0.2) is 5.71 Å². The molecule has 1 amide bonds. The second-order valence-electron chi connectivity index (χ2n) is 10.1. The van der Waals surface area contributed by atoms with Crippen LogP contribution in [0.4, 0.5) is 31.5 Å². The van der Waals surface area contributed by atoms with E-state index in [9.17, 15) is 35.9 Å². The van der Waals surface area contributed by atoms with Gasteiger partial charge in [-0.3, -0.25) is 14.7 Å². The topological polar surface area (TPSA) is 96.2 Å². The van der Waals surface area contributed by atoms with Crippen LogP contribution in [0.1, 0.15) is 22.7 Å². The summed E-state index contributed by atoms with van der Waals surface area (Å²) in [6.45, 7) is 0. The van der Waals surface area contributed by atoms with Gasteiger partial charge in [-0.2, -0.15) is 41.1 Å². The molecule has 3 aromatic heterocycles. The number of amides is 1. The van der Waals surface area contributed by atoms with Gasteiger partial charge in [0.1, 0.15) is 11.6 Å². The van der Waals surface area contributed by atoms with Crippen molar-refractivity contribution in [2.75, 3.05) is 5.01 Å². The summed E-state index contributed by atoms with van der Waals surface area (Å²) in [4.78, 5) is 36.5. The Bertz CT molecular complexity index is 2170. The van der Waals surface area contributed by atoms with Gasteiger partial charge in [-0.15, -0.1) is 0 Å². The number of H-pyrrole nitrogens is 1. The summed E-state index contributed by atoms with van der Waals surface area (Å²) in [6.07, 6.45) is -10.5. The molecule has 1 aliphatic rings. The summed E-state index contributed by atoms with van der Waals surface area (Å²) in [5, 5.41) is 5.76. The van der Waals surface area contributed by atoms with Crippen molar-refractivity contribution in [2.24, 2.45) is 11.0 Å². The van der Waals surface area contributed by atoms with Crippen molar-refractivity contribution in [3.05, 3.63) is 105 Å². The van der Waals surface area contributed by atoms with Gasteiger partial charge in [0, 0.05) is 10.9 Å². The number of aromatic nitrogens is 4. The molecule has 1 aliphatic heterocycles. The Balaban J connectivity index is 1.47. The number of fused-ring (bicyclic) bond motifs is 2. The van der Waals surface area contributed by atoms with E-state index in [4.69, 9.17) is 11.6 Å². The first kappa shape index (κ1) is 30.1. The maximum Gasteiger partial charge on any atom is 0.433 e. The van der Waals surface area contributed by atoms with Crippen molar-refractivity contribution in [1.82, 2.24) is 19.7 Å². The largest absolute Gasteiger partial charge is 0.433 e. The molecule has 17 heteroatoms. The Morgan fingerprint density at radius 1 is 0.783 bits per heavy atom. The van der Waals surface area contributed by atoms with Crippen LogP contribution in [0.5, 0.6) is 0 Å². The van der Waals surface area contributed by atoms with Crippen LogP contribution in [0.25, 0.3) is 25.6 Å². The molecule has 0 saturated carbocycles. The van der Waals surface area contributed by atoms with Gasteiger partial charge < -0.3 is 0 Å². The molecule has 4 heterocycles. The third-order valence-electron chi connectivity index (χ3n) is 7.29. The van der Waals surface area contributed by atoms with E-state index in [1.165, 1.54) is 24.3 Å². The van der Waals surface area contributed by atoms with Gasteiger partial charge in [-0.25, -0.2) is 9.97 Å². The van der Waals surface area contributed by atoms with Crippen LogP contribution < -0.4 is 10.6 Å². The minimum Gasteiger partial charge on any atom is -0.284 e. The number of alkyl halides is 6. The normalized spacial score (nSPS) is 16.5. The summed E-state index contributed by atoms with van der Waals surface area (Å²) in [7, 11) is 0. The average Bonchev–Trinajstić information content (AvgIpc) is 3.77. The molecular weight excluding hydrogens is 678 g/mol. The van der Waals surface area contributed by atoms with Gasteiger partial charge in [-0.1, -0.05) is 70.7 Å². The number of hydrazone groups is 1. The predicted molar refractivity (Wildman–Crippen MR) is 162 cm³/mol. The molecule has 0 bridgehead atoms. The number of rotatable bonds is 5. The lowest BCUT2D eigenvalue weighted by molar-refractivity contribution is -0.142. The van der Waals surface area contributed by atoms with E-state index in [-0.39, 0.29) is 20.8 Å². The standard InChI is InChI=1S/C29H15ClF6N6O2S2/c30-14-11-9-13(10-12-14)19(20-22(28(31,32)33)39-41(24(20)43)26-37-15-5-1-3-7-17(15)45-26)21-23(29(34,35)36)40-42(25(21)44)27-38-16-6-2-4-8-18(16)46-27/h1-12,19-20,40H/t19-,20+/m1/s1. The third kappa shape index (κ3) is 5.05. The van der Waals surface area contributed by atoms with Crippen molar-refractivity contribution in [1.29, 1.82) is 0 Å². The lowest BCUT2D eigenvalue weighted by Gasteiger charge is -2.25. The van der Waals surface area contributed by atoms with Gasteiger partial charge in [-0.05, 0) is 42.0 Å². The van der Waals surface area contributed by atoms with Gasteiger partial charge >= 0.3 is 12.4 Å². The predicted octanol–water partition coefficient (Wildman–Crippen LogP) is 7.77. The number of hydrogen-bond acceptors (Lipinski definition) is 7. The highest BCUT2D eigenvalue weighted by Gasteiger charge is 2.56. The first-order valence-corrected chi connectivity index (χ1v) is 15.2. The fraction of sp³-hybridized carbons (Fsp3) is 0.138. The maximum absolute atomic E-state index is 14.7. The number of hydrogen-bond donors (Lipinski definition) is 1. The van der Waals surface area contributed by atoms with E-state index in [0.29, 0.717) is 30.1 Å². The van der Waals surface area contributed by atoms with Crippen molar-refractivity contribution in [2.45, 2.75) is 18.3 Å². The van der Waals surface area contributed by atoms with E-state index in [1.807, 2.05) is 5.10 Å². The zero-order chi connectivity index (χ0) is 32.5. The summed E-state index contributed by atoms with van der Waals surface area (Å²) >= 11 is 7.78. The van der Waals surface area contributed by atoms with Crippen LogP contribution >= 0.6 is 34.3 Å². The Labute approximate surface area is 266 Å². The molecule has 8 nitrogen and oxygen atoms in total. The van der Waals surface area contributed by atoms with Crippen molar-refractivity contribution < 1.29 is 31.1 Å². The molecule has 0 spiro atoms. The van der Waals surface area contributed by atoms with E-state index in [2.05, 4.69) is 15.1 Å². The fourth-order valence-corrected chi connectivity index (χ4v) is 7.30. The second kappa shape index (κ2) is 10.8. The lowest BCUT2D eigenvalue weighted by Crippen LogP contribution is -2.39. The highest BCUT2D eigenvalue weighted by atomic mass is 35.5. The van der Waals surface area contributed by atoms with Gasteiger partial charge in [0.25, 0.3) is 11.5 Å². The maximum atomic E-state index is 14.7. The number of carbonyl (C=O) groups is 1. The quantitative estimate of drug-likeness (QED) is 0.187. The SMILES string of the molecule is O=C1[C@@H]([C@@H](c2ccc(Cl)cc2)c2c(C(F)(F)F)[nH]n(-c3nc4ccccc4s3)c2=O)C(C(F)(F)F)=NN1c1nc2ccccc2s1. The lowest BCUT2D eigenvalue weighted by atomic mass is 9.77. The fourth-order valence-electron chi connectivity index (χ4n) is 5.33. The highest BCUT2D eigenvalue weighted by Crippen LogP contribution is 2.46. The summed E-state index contributed by atoms with van der Waals surface area (Å²) < 4.78 is 89.8. The molecule has 2 atom stereocenters. The van der Waals surface area contributed by atoms with Crippen LogP contribution in [-0.2, 0) is 11.0 Å². The van der Waals surface area contributed by atoms with Crippen LogP contribution in [0.15, 0.2) is 82.7 Å². The molecule has 0 unspecified atom stereocenters. The van der Waals surface area contributed by atoms with E-state index >= 15 is 0 Å². The number of halogens is 7. The monoisotopic (exact) mass is 692 g/mol. The molecule has 0 saturated heterocycles. The van der Waals surface area contributed by atoms with Gasteiger partial charge in [0.05, 0.1) is 26.0 Å². The minimum absolute atomic E-state index is 0.123. The Morgan fingerprint density at radius 3 is 1.91 bits per heavy atom. The Morgan fingerprint density at radius 2 is 1.35 bits per heavy atom. The molecule has 6 aromatic rings. The van der Waals surface area contributed by atoms with Crippen molar-refractivity contribution >= 4 is 71.5 Å². The van der Waals surface area contributed by atoms with Crippen molar-refractivity contribution in [3.8, 4) is 5.13 Å². The minimum atomic E-state index is -5.28. The molecule has 1 N–H and O–H groups in total. The van der Waals surface area contributed by atoms with Crippen molar-refractivity contribution in [3.63, 3.8) is 0 Å². The molecule has 0 aliphatic carbocycles. The zero-order valence-electron chi connectivity index (χ0n) is 22.6. The number of anilines is 1. The summed E-state index contributed by atoms with van der Waals surface area (Å²) in [5.41, 5.74) is -5.21. The first-order chi connectivity index (χ1) is 21.8. The van der Waals surface area contributed by atoms with E-state index in [0.717, 1.165) is 22.7 Å². The first-order valence-electron chi connectivity index (χ1n) is 13.2. The smallest absolute Gasteiger partial charge is 0.284 e. The number of aromatic amines is 1. The zero-order valence-corrected chi connectivity index (χ0v) is 25.0. The highest BCUT2D eigenvalue weighted by molar-refractivity contribution is 7.22. The molecule has 234 valence electrons. The number of para-hydroxylation sites is 2. The molecule has 46 heavy (non-hydrogen) atoms. The number of nitrogens with zero attached hydrogens (tertiary/aromatic N) is 5.